The SMILES string of the molecule is Cc1ccnc(-c2noc(-c3cc(N)ccc3Br)n2)c1. The molecule has 100 valence electrons. The van der Waals surface area contributed by atoms with E-state index in [9.17, 15) is 0 Å². The molecule has 0 atom stereocenters. The number of pyridine rings is 1. The van der Waals surface area contributed by atoms with Gasteiger partial charge in [-0.2, -0.15) is 4.98 Å². The summed E-state index contributed by atoms with van der Waals surface area (Å²) in [6.07, 6.45) is 1.72. The third kappa shape index (κ3) is 2.42. The summed E-state index contributed by atoms with van der Waals surface area (Å²) in [5.74, 6) is 0.862. The molecule has 20 heavy (non-hydrogen) atoms. The van der Waals surface area contributed by atoms with Crippen molar-refractivity contribution in [2.45, 2.75) is 6.92 Å². The number of hydrogen-bond donors (Lipinski definition) is 1. The Labute approximate surface area is 124 Å². The molecule has 2 heterocycles. The Bertz CT molecular complexity index is 769. The van der Waals surface area contributed by atoms with Gasteiger partial charge in [-0.1, -0.05) is 5.16 Å². The van der Waals surface area contributed by atoms with Crippen LogP contribution in [-0.2, 0) is 0 Å². The summed E-state index contributed by atoms with van der Waals surface area (Å²) >= 11 is 3.45. The number of rotatable bonds is 2. The fraction of sp³-hybridized carbons (Fsp3) is 0.0714. The Morgan fingerprint density at radius 1 is 1.20 bits per heavy atom. The smallest absolute Gasteiger partial charge is 0.259 e. The highest BCUT2D eigenvalue weighted by Gasteiger charge is 2.14. The molecular weight excluding hydrogens is 320 g/mol. The number of anilines is 1. The quantitative estimate of drug-likeness (QED) is 0.728. The molecule has 0 aliphatic heterocycles. The topological polar surface area (TPSA) is 77.8 Å². The van der Waals surface area contributed by atoms with E-state index in [1.807, 2.05) is 25.1 Å². The molecule has 0 unspecified atom stereocenters. The molecule has 5 nitrogen and oxygen atoms in total. The van der Waals surface area contributed by atoms with Gasteiger partial charge in [0.05, 0.1) is 5.56 Å². The minimum atomic E-state index is 0.405. The van der Waals surface area contributed by atoms with Crippen LogP contribution in [0.5, 0.6) is 0 Å². The molecule has 0 bridgehead atoms. The summed E-state index contributed by atoms with van der Waals surface area (Å²) in [5, 5.41) is 3.96. The van der Waals surface area contributed by atoms with E-state index >= 15 is 0 Å². The van der Waals surface area contributed by atoms with Crippen LogP contribution in [0.3, 0.4) is 0 Å². The molecule has 3 aromatic rings. The van der Waals surface area contributed by atoms with Crippen LogP contribution in [0.4, 0.5) is 5.69 Å². The Balaban J connectivity index is 2.04. The average Bonchev–Trinajstić information content (AvgIpc) is 2.91. The van der Waals surface area contributed by atoms with Crippen molar-refractivity contribution in [3.63, 3.8) is 0 Å². The first-order chi connectivity index (χ1) is 9.63. The van der Waals surface area contributed by atoms with Crippen molar-refractivity contribution < 1.29 is 4.52 Å². The molecule has 0 aliphatic rings. The molecule has 0 fully saturated rings. The van der Waals surface area contributed by atoms with E-state index in [1.54, 1.807) is 18.3 Å². The van der Waals surface area contributed by atoms with Crippen molar-refractivity contribution in [3.8, 4) is 23.0 Å². The average molecular weight is 331 g/mol. The number of aryl methyl sites for hydroxylation is 1. The van der Waals surface area contributed by atoms with Gasteiger partial charge in [-0.25, -0.2) is 0 Å². The van der Waals surface area contributed by atoms with Crippen LogP contribution < -0.4 is 5.73 Å². The number of hydrogen-bond acceptors (Lipinski definition) is 5. The predicted molar refractivity (Wildman–Crippen MR) is 79.8 cm³/mol. The van der Waals surface area contributed by atoms with E-state index in [0.717, 1.165) is 15.6 Å². The first-order valence-corrected chi connectivity index (χ1v) is 6.75. The molecule has 0 radical (unpaired) electrons. The van der Waals surface area contributed by atoms with E-state index < -0.39 is 0 Å². The minimum Gasteiger partial charge on any atom is -0.399 e. The van der Waals surface area contributed by atoms with Crippen LogP contribution in [0.2, 0.25) is 0 Å². The lowest BCUT2D eigenvalue weighted by Crippen LogP contribution is -1.88. The molecule has 0 spiro atoms. The number of benzene rings is 1. The number of aromatic nitrogens is 3. The second-order valence-electron chi connectivity index (χ2n) is 4.38. The Hall–Kier alpha value is -2.21. The van der Waals surface area contributed by atoms with Gasteiger partial charge in [-0.15, -0.1) is 0 Å². The zero-order chi connectivity index (χ0) is 14.1. The zero-order valence-corrected chi connectivity index (χ0v) is 12.3. The lowest BCUT2D eigenvalue weighted by molar-refractivity contribution is 0.432. The third-order valence-corrected chi connectivity index (χ3v) is 3.48. The van der Waals surface area contributed by atoms with Gasteiger partial charge < -0.3 is 10.3 Å². The van der Waals surface area contributed by atoms with Gasteiger partial charge in [0.2, 0.25) is 5.82 Å². The van der Waals surface area contributed by atoms with E-state index in [-0.39, 0.29) is 0 Å². The molecule has 0 saturated carbocycles. The Kier molecular flexibility index (Phi) is 3.23. The first kappa shape index (κ1) is 12.8. The normalized spacial score (nSPS) is 10.7. The summed E-state index contributed by atoms with van der Waals surface area (Å²) in [5.41, 5.74) is 8.95. The van der Waals surface area contributed by atoms with Gasteiger partial charge >= 0.3 is 0 Å². The highest BCUT2D eigenvalue weighted by molar-refractivity contribution is 9.10. The van der Waals surface area contributed by atoms with Gasteiger partial charge in [0.15, 0.2) is 0 Å². The maximum atomic E-state index is 5.78. The zero-order valence-electron chi connectivity index (χ0n) is 10.7. The maximum absolute atomic E-state index is 5.78. The van der Waals surface area contributed by atoms with Gasteiger partial charge in [-0.05, 0) is 58.7 Å². The summed E-state index contributed by atoms with van der Waals surface area (Å²) in [4.78, 5) is 8.60. The van der Waals surface area contributed by atoms with Crippen LogP contribution in [0, 0.1) is 6.92 Å². The monoisotopic (exact) mass is 330 g/mol. The van der Waals surface area contributed by atoms with Gasteiger partial charge in [0.1, 0.15) is 5.69 Å². The fourth-order valence-corrected chi connectivity index (χ4v) is 2.22. The molecule has 3 rings (SSSR count). The third-order valence-electron chi connectivity index (χ3n) is 2.79. The summed E-state index contributed by atoms with van der Waals surface area (Å²) in [6, 6.07) is 9.25. The maximum Gasteiger partial charge on any atom is 0.259 e. The van der Waals surface area contributed by atoms with Crippen LogP contribution in [-0.4, -0.2) is 15.1 Å². The van der Waals surface area contributed by atoms with Crippen molar-refractivity contribution >= 4 is 21.6 Å². The number of nitrogen functional groups attached to an aromatic ring is 1. The van der Waals surface area contributed by atoms with Crippen molar-refractivity contribution in [1.82, 2.24) is 15.1 Å². The highest BCUT2D eigenvalue weighted by atomic mass is 79.9. The Morgan fingerprint density at radius 3 is 2.85 bits per heavy atom. The molecule has 6 heteroatoms. The van der Waals surface area contributed by atoms with E-state index in [0.29, 0.717) is 23.1 Å². The van der Waals surface area contributed by atoms with Gasteiger partial charge in [0, 0.05) is 16.4 Å². The molecule has 2 N–H and O–H groups in total. The predicted octanol–water partition coefficient (Wildman–Crippen LogP) is 3.45. The standard InChI is InChI=1S/C14H11BrN4O/c1-8-4-5-17-12(6-8)13-18-14(20-19-13)10-7-9(16)2-3-11(10)15/h2-7H,16H2,1H3. The molecule has 0 aliphatic carbocycles. The van der Waals surface area contributed by atoms with Crippen LogP contribution in [0.15, 0.2) is 45.5 Å². The second-order valence-corrected chi connectivity index (χ2v) is 5.24. The summed E-state index contributed by atoms with van der Waals surface area (Å²) < 4.78 is 6.14. The largest absolute Gasteiger partial charge is 0.399 e. The summed E-state index contributed by atoms with van der Waals surface area (Å²) in [7, 11) is 0. The lowest BCUT2D eigenvalue weighted by atomic mass is 10.2. The number of nitrogens with zero attached hydrogens (tertiary/aromatic N) is 3. The Morgan fingerprint density at radius 2 is 2.05 bits per heavy atom. The van der Waals surface area contributed by atoms with Crippen LogP contribution >= 0.6 is 15.9 Å². The fourth-order valence-electron chi connectivity index (χ4n) is 1.80. The number of nitrogens with two attached hydrogens (primary N) is 1. The molecular formula is C14H11BrN4O. The van der Waals surface area contributed by atoms with E-state index in [2.05, 4.69) is 31.1 Å². The van der Waals surface area contributed by atoms with E-state index in [1.165, 1.54) is 0 Å². The van der Waals surface area contributed by atoms with Gasteiger partial charge in [0.25, 0.3) is 5.89 Å². The van der Waals surface area contributed by atoms with Crippen LogP contribution in [0.25, 0.3) is 23.0 Å². The molecule has 0 saturated heterocycles. The molecule has 1 aromatic carbocycles. The minimum absolute atomic E-state index is 0.405. The van der Waals surface area contributed by atoms with Crippen molar-refractivity contribution in [2.24, 2.45) is 0 Å². The molecule has 2 aromatic heterocycles. The van der Waals surface area contributed by atoms with Crippen molar-refractivity contribution in [3.05, 3.63) is 46.6 Å². The van der Waals surface area contributed by atoms with Gasteiger partial charge in [-0.3, -0.25) is 4.98 Å². The van der Waals surface area contributed by atoms with E-state index in [4.69, 9.17) is 10.3 Å². The second kappa shape index (κ2) is 5.05. The van der Waals surface area contributed by atoms with Crippen LogP contribution in [0.1, 0.15) is 5.56 Å². The summed E-state index contributed by atoms with van der Waals surface area (Å²) in [6.45, 7) is 1.99. The van der Waals surface area contributed by atoms with Crippen molar-refractivity contribution in [1.29, 1.82) is 0 Å². The highest BCUT2D eigenvalue weighted by Crippen LogP contribution is 2.30. The first-order valence-electron chi connectivity index (χ1n) is 5.95. The van der Waals surface area contributed by atoms with Crippen molar-refractivity contribution in [2.75, 3.05) is 5.73 Å². The lowest BCUT2D eigenvalue weighted by Gasteiger charge is -1.99. The molecule has 0 amide bonds. The number of halogens is 1.